The van der Waals surface area contributed by atoms with E-state index in [1.165, 1.54) is 4.90 Å². The Morgan fingerprint density at radius 2 is 1.96 bits per heavy atom. The van der Waals surface area contributed by atoms with Gasteiger partial charge in [-0.15, -0.1) is 0 Å². The van der Waals surface area contributed by atoms with Crippen molar-refractivity contribution in [2.75, 3.05) is 26.7 Å². The second-order valence-electron chi connectivity index (χ2n) is 6.65. The van der Waals surface area contributed by atoms with Crippen molar-refractivity contribution < 1.29 is 19.5 Å². The molecule has 0 aromatic heterocycles. The van der Waals surface area contributed by atoms with Crippen molar-refractivity contribution in [3.05, 3.63) is 0 Å². The Hall–Kier alpha value is -2.16. The van der Waals surface area contributed by atoms with Gasteiger partial charge in [0.25, 0.3) is 0 Å². The van der Waals surface area contributed by atoms with Crippen LogP contribution >= 0.6 is 0 Å². The van der Waals surface area contributed by atoms with Gasteiger partial charge < -0.3 is 21.5 Å². The van der Waals surface area contributed by atoms with Crippen molar-refractivity contribution in [3.8, 4) is 0 Å². The third kappa shape index (κ3) is 6.00. The fourth-order valence-corrected chi connectivity index (χ4v) is 2.96. The summed E-state index contributed by atoms with van der Waals surface area (Å²) >= 11 is 0. The average Bonchev–Trinajstić information content (AvgIpc) is 2.51. The molecule has 25 heavy (non-hydrogen) atoms. The predicted molar refractivity (Wildman–Crippen MR) is 93.9 cm³/mol. The maximum absolute atomic E-state index is 12.8. The third-order valence-electron chi connectivity index (χ3n) is 4.37. The van der Waals surface area contributed by atoms with E-state index in [-0.39, 0.29) is 30.0 Å². The summed E-state index contributed by atoms with van der Waals surface area (Å²) in [4.78, 5) is 43.6. The van der Waals surface area contributed by atoms with Crippen LogP contribution in [-0.2, 0) is 14.4 Å². The summed E-state index contributed by atoms with van der Waals surface area (Å²) in [5.41, 5.74) is 10.6. The Balaban J connectivity index is 2.91. The van der Waals surface area contributed by atoms with Gasteiger partial charge in [0.2, 0.25) is 5.91 Å². The van der Waals surface area contributed by atoms with Gasteiger partial charge in [-0.25, -0.2) is 0 Å². The molecule has 1 aliphatic heterocycles. The largest absolute Gasteiger partial charge is 0.481 e. The monoisotopic (exact) mass is 355 g/mol. The molecule has 9 heteroatoms. The number of aliphatic imine (C=N–C) groups is 1. The maximum atomic E-state index is 12.8. The predicted octanol–water partition coefficient (Wildman–Crippen LogP) is -0.749. The van der Waals surface area contributed by atoms with Crippen molar-refractivity contribution in [2.45, 2.75) is 45.2 Å². The van der Waals surface area contributed by atoms with Crippen LogP contribution in [0.25, 0.3) is 0 Å². The number of carboxylic acids is 1. The van der Waals surface area contributed by atoms with E-state index >= 15 is 0 Å². The Morgan fingerprint density at radius 3 is 2.48 bits per heavy atom. The van der Waals surface area contributed by atoms with Crippen LogP contribution in [0.1, 0.15) is 33.1 Å². The summed E-state index contributed by atoms with van der Waals surface area (Å²) in [5.74, 6) is -1.61. The minimum atomic E-state index is -1.04. The Bertz CT molecular complexity index is 531. The van der Waals surface area contributed by atoms with Crippen LogP contribution in [0.4, 0.5) is 0 Å². The van der Waals surface area contributed by atoms with Crippen LogP contribution < -0.4 is 11.5 Å². The number of carboxylic acid groups (broad SMARTS) is 1. The molecule has 0 unspecified atom stereocenters. The lowest BCUT2D eigenvalue weighted by atomic mass is 9.94. The first-order valence-corrected chi connectivity index (χ1v) is 8.46. The number of piperazine rings is 1. The Morgan fingerprint density at radius 1 is 1.32 bits per heavy atom. The third-order valence-corrected chi connectivity index (χ3v) is 4.37. The summed E-state index contributed by atoms with van der Waals surface area (Å²) in [6.45, 7) is 4.89. The van der Waals surface area contributed by atoms with E-state index in [1.807, 2.05) is 0 Å². The molecule has 0 aromatic rings. The van der Waals surface area contributed by atoms with E-state index < -0.39 is 18.1 Å². The summed E-state index contributed by atoms with van der Waals surface area (Å²) < 4.78 is 0. The molecule has 0 aliphatic carbocycles. The van der Waals surface area contributed by atoms with Crippen LogP contribution in [0.15, 0.2) is 4.99 Å². The van der Waals surface area contributed by atoms with Crippen LogP contribution in [0.2, 0.25) is 0 Å². The number of hydrogen-bond acceptors (Lipinski definition) is 5. The zero-order valence-corrected chi connectivity index (χ0v) is 15.1. The SMILES string of the molecule is CC(C)C(=O)[C@H](CCCN=C(N)N)N1CCN(C)[C@@H](CC(=O)O)C1=O. The van der Waals surface area contributed by atoms with Gasteiger partial charge in [-0.3, -0.25) is 24.3 Å². The van der Waals surface area contributed by atoms with E-state index in [9.17, 15) is 14.4 Å². The number of Topliss-reactive ketones (excluding diaryl/α,β-unsaturated/α-hetero) is 1. The molecule has 0 aromatic carbocycles. The molecule has 9 nitrogen and oxygen atoms in total. The first-order chi connectivity index (χ1) is 11.6. The standard InChI is InChI=1S/C16H29N5O4/c1-10(2)14(24)11(5-4-6-19-16(17)18)21-8-7-20(3)12(15(21)25)9-13(22)23/h10-12H,4-9H2,1-3H3,(H,22,23)(H4,17,18,19)/t11-,12-/m0/s1. The molecule has 1 amide bonds. The molecule has 142 valence electrons. The highest BCUT2D eigenvalue weighted by Gasteiger charge is 2.39. The normalized spacial score (nSPS) is 19.8. The number of nitrogens with two attached hydrogens (primary N) is 2. The van der Waals surface area contributed by atoms with Crippen molar-refractivity contribution in [3.63, 3.8) is 0 Å². The van der Waals surface area contributed by atoms with Gasteiger partial charge in [0.15, 0.2) is 11.7 Å². The van der Waals surface area contributed by atoms with E-state index in [0.717, 1.165) is 0 Å². The number of rotatable bonds is 9. The number of nitrogens with zero attached hydrogens (tertiary/aromatic N) is 3. The average molecular weight is 355 g/mol. The minimum absolute atomic E-state index is 0.0102. The topological polar surface area (TPSA) is 142 Å². The number of amides is 1. The molecule has 0 radical (unpaired) electrons. The lowest BCUT2D eigenvalue weighted by molar-refractivity contribution is -0.153. The highest BCUT2D eigenvalue weighted by atomic mass is 16.4. The van der Waals surface area contributed by atoms with Gasteiger partial charge in [0.05, 0.1) is 18.5 Å². The summed E-state index contributed by atoms with van der Waals surface area (Å²) in [6, 6.07) is -1.32. The lowest BCUT2D eigenvalue weighted by Gasteiger charge is -2.42. The number of hydrogen-bond donors (Lipinski definition) is 3. The quantitative estimate of drug-likeness (QED) is 0.280. The Labute approximate surface area is 148 Å². The highest BCUT2D eigenvalue weighted by molar-refractivity contribution is 5.93. The molecule has 1 heterocycles. The molecule has 0 bridgehead atoms. The molecule has 1 aliphatic rings. The highest BCUT2D eigenvalue weighted by Crippen LogP contribution is 2.20. The van der Waals surface area contributed by atoms with Gasteiger partial charge in [-0.05, 0) is 19.9 Å². The van der Waals surface area contributed by atoms with Crippen molar-refractivity contribution >= 4 is 23.6 Å². The molecule has 0 saturated carbocycles. The molecule has 1 fully saturated rings. The number of carbonyl (C=O) groups excluding carboxylic acids is 2. The van der Waals surface area contributed by atoms with Gasteiger partial charge in [0.1, 0.15) is 0 Å². The second kappa shape index (κ2) is 9.36. The molecular formula is C16H29N5O4. The lowest BCUT2D eigenvalue weighted by Crippen LogP contribution is -2.60. The van der Waals surface area contributed by atoms with E-state index in [0.29, 0.717) is 32.5 Å². The Kier molecular flexibility index (Phi) is 7.82. The summed E-state index contributed by atoms with van der Waals surface area (Å²) in [7, 11) is 1.72. The van der Waals surface area contributed by atoms with Gasteiger partial charge >= 0.3 is 5.97 Å². The van der Waals surface area contributed by atoms with Crippen molar-refractivity contribution in [2.24, 2.45) is 22.4 Å². The number of carbonyl (C=O) groups is 3. The number of guanidine groups is 1. The van der Waals surface area contributed by atoms with E-state index in [2.05, 4.69) is 4.99 Å². The van der Waals surface area contributed by atoms with Crippen LogP contribution in [-0.4, -0.2) is 77.3 Å². The summed E-state index contributed by atoms with van der Waals surface area (Å²) in [5, 5.41) is 9.05. The fourth-order valence-electron chi connectivity index (χ4n) is 2.96. The van der Waals surface area contributed by atoms with Gasteiger partial charge in [-0.2, -0.15) is 0 Å². The summed E-state index contributed by atoms with van der Waals surface area (Å²) in [6.07, 6.45) is 0.732. The molecule has 5 N–H and O–H groups in total. The molecule has 2 atom stereocenters. The van der Waals surface area contributed by atoms with Gasteiger partial charge in [0, 0.05) is 25.6 Å². The van der Waals surface area contributed by atoms with E-state index in [1.54, 1.807) is 25.8 Å². The fraction of sp³-hybridized carbons (Fsp3) is 0.750. The minimum Gasteiger partial charge on any atom is -0.481 e. The van der Waals surface area contributed by atoms with Crippen LogP contribution in [0, 0.1) is 5.92 Å². The molecule has 0 spiro atoms. The maximum Gasteiger partial charge on any atom is 0.305 e. The molecule has 1 rings (SSSR count). The number of ketones is 1. The second-order valence-corrected chi connectivity index (χ2v) is 6.65. The number of likely N-dealkylation sites (N-methyl/N-ethyl adjacent to an activating group) is 1. The molecule has 1 saturated heterocycles. The van der Waals surface area contributed by atoms with Crippen LogP contribution in [0.3, 0.4) is 0 Å². The van der Waals surface area contributed by atoms with E-state index in [4.69, 9.17) is 16.6 Å². The van der Waals surface area contributed by atoms with Crippen molar-refractivity contribution in [1.82, 2.24) is 9.80 Å². The number of aliphatic carboxylic acids is 1. The molecular weight excluding hydrogens is 326 g/mol. The first-order valence-electron chi connectivity index (χ1n) is 8.46. The van der Waals surface area contributed by atoms with Gasteiger partial charge in [-0.1, -0.05) is 13.8 Å². The van der Waals surface area contributed by atoms with Crippen LogP contribution in [0.5, 0.6) is 0 Å². The zero-order valence-electron chi connectivity index (χ0n) is 15.1. The zero-order chi connectivity index (χ0) is 19.1. The smallest absolute Gasteiger partial charge is 0.305 e. The van der Waals surface area contributed by atoms with Crippen molar-refractivity contribution in [1.29, 1.82) is 0 Å². The first kappa shape index (κ1) is 20.9.